The highest BCUT2D eigenvalue weighted by molar-refractivity contribution is 6.03. The van der Waals surface area contributed by atoms with Crippen molar-refractivity contribution in [3.8, 4) is 0 Å². The van der Waals surface area contributed by atoms with E-state index in [2.05, 4.69) is 4.90 Å². The Labute approximate surface area is 94.8 Å². The maximum Gasteiger partial charge on any atom is 0.180 e. The topological polar surface area (TPSA) is 37.4 Å². The van der Waals surface area contributed by atoms with E-state index >= 15 is 0 Å². The molecule has 0 aromatic rings. The highest BCUT2D eigenvalue weighted by atomic mass is 16.1. The van der Waals surface area contributed by atoms with E-state index in [4.69, 9.17) is 0 Å². The first-order valence-electron chi connectivity index (χ1n) is 5.72. The molecule has 3 aliphatic rings. The number of ketones is 2. The maximum absolute atomic E-state index is 11.6. The highest BCUT2D eigenvalue weighted by Gasteiger charge is 2.65. The zero-order chi connectivity index (χ0) is 11.5. The van der Waals surface area contributed by atoms with E-state index in [9.17, 15) is 9.59 Å². The lowest BCUT2D eigenvalue weighted by Gasteiger charge is -2.27. The Kier molecular flexibility index (Phi) is 1.74. The number of Topliss-reactive ketones (excluding diaryl/α,β-unsaturated/α-hetero) is 1. The molecule has 3 rings (SSSR count). The third kappa shape index (κ3) is 1.09. The van der Waals surface area contributed by atoms with Crippen molar-refractivity contribution < 1.29 is 9.59 Å². The Balaban J connectivity index is 2.02. The van der Waals surface area contributed by atoms with Gasteiger partial charge < -0.3 is 4.90 Å². The summed E-state index contributed by atoms with van der Waals surface area (Å²) in [5.74, 6) is 0.814. The van der Waals surface area contributed by atoms with Crippen LogP contribution in [0.15, 0.2) is 23.4 Å². The number of carbonyl (C=O) groups is 2. The van der Waals surface area contributed by atoms with Crippen molar-refractivity contribution in [1.29, 1.82) is 0 Å². The monoisotopic (exact) mass is 217 g/mol. The molecular weight excluding hydrogens is 202 g/mol. The molecule has 0 radical (unpaired) electrons. The summed E-state index contributed by atoms with van der Waals surface area (Å²) < 4.78 is 0. The maximum atomic E-state index is 11.6. The van der Waals surface area contributed by atoms with Gasteiger partial charge in [0, 0.05) is 37.2 Å². The number of nitrogens with zero attached hydrogens (tertiary/aromatic N) is 1. The van der Waals surface area contributed by atoms with E-state index in [1.807, 2.05) is 7.05 Å². The van der Waals surface area contributed by atoms with Crippen molar-refractivity contribution in [2.75, 3.05) is 13.6 Å². The van der Waals surface area contributed by atoms with Gasteiger partial charge in [-0.1, -0.05) is 0 Å². The standard InChI is InChI=1S/C13H15NO2/c1-8(15)3-9-4-11(16)5-12-13(9)6-10(13)7-14(12)2/h4-5,10H,3,6-7H2,1-2H3. The molecule has 3 heteroatoms. The van der Waals surface area contributed by atoms with Crippen LogP contribution in [0.25, 0.3) is 0 Å². The summed E-state index contributed by atoms with van der Waals surface area (Å²) in [6.07, 6.45) is 4.99. The number of hydrogen-bond acceptors (Lipinski definition) is 3. The molecule has 0 aromatic carbocycles. The third-order valence-electron chi connectivity index (χ3n) is 4.08. The van der Waals surface area contributed by atoms with Crippen molar-refractivity contribution in [1.82, 2.24) is 4.90 Å². The lowest BCUT2D eigenvalue weighted by atomic mass is 9.83. The van der Waals surface area contributed by atoms with E-state index in [0.29, 0.717) is 12.3 Å². The number of carbonyl (C=O) groups excluding carboxylic acids is 2. The molecule has 16 heavy (non-hydrogen) atoms. The molecule has 2 aliphatic carbocycles. The zero-order valence-electron chi connectivity index (χ0n) is 9.62. The van der Waals surface area contributed by atoms with Crippen molar-refractivity contribution in [2.45, 2.75) is 19.8 Å². The number of allylic oxidation sites excluding steroid dienone is 3. The molecule has 0 bridgehead atoms. The van der Waals surface area contributed by atoms with Gasteiger partial charge in [0.15, 0.2) is 5.78 Å². The summed E-state index contributed by atoms with van der Waals surface area (Å²) in [5.41, 5.74) is 2.26. The van der Waals surface area contributed by atoms with Gasteiger partial charge in [0.1, 0.15) is 5.78 Å². The van der Waals surface area contributed by atoms with Gasteiger partial charge in [-0.3, -0.25) is 9.59 Å². The van der Waals surface area contributed by atoms with Gasteiger partial charge in [0.25, 0.3) is 0 Å². The van der Waals surface area contributed by atoms with E-state index in [0.717, 1.165) is 24.2 Å². The lowest BCUT2D eigenvalue weighted by molar-refractivity contribution is -0.116. The summed E-state index contributed by atoms with van der Waals surface area (Å²) in [7, 11) is 2.03. The highest BCUT2D eigenvalue weighted by Crippen LogP contribution is 2.68. The summed E-state index contributed by atoms with van der Waals surface area (Å²) in [6, 6.07) is 0. The number of piperidine rings is 1. The molecule has 1 aliphatic heterocycles. The Morgan fingerprint density at radius 2 is 2.31 bits per heavy atom. The van der Waals surface area contributed by atoms with Crippen LogP contribution in [0.1, 0.15) is 19.8 Å². The van der Waals surface area contributed by atoms with E-state index in [1.165, 1.54) is 0 Å². The second kappa shape index (κ2) is 2.84. The number of likely N-dealkylation sites (tertiary alicyclic amines) is 1. The predicted molar refractivity (Wildman–Crippen MR) is 59.6 cm³/mol. The fourth-order valence-corrected chi connectivity index (χ4v) is 3.38. The summed E-state index contributed by atoms with van der Waals surface area (Å²) >= 11 is 0. The van der Waals surface area contributed by atoms with Gasteiger partial charge in [-0.2, -0.15) is 0 Å². The van der Waals surface area contributed by atoms with Gasteiger partial charge in [0.2, 0.25) is 0 Å². The first-order chi connectivity index (χ1) is 7.54. The van der Waals surface area contributed by atoms with E-state index < -0.39 is 0 Å². The Bertz CT molecular complexity index is 461. The first kappa shape index (κ1) is 9.82. The van der Waals surface area contributed by atoms with Crippen LogP contribution in [-0.2, 0) is 9.59 Å². The summed E-state index contributed by atoms with van der Waals surface area (Å²) in [6.45, 7) is 2.62. The minimum absolute atomic E-state index is 0.0382. The fraction of sp³-hybridized carbons (Fsp3) is 0.538. The molecule has 2 fully saturated rings. The quantitative estimate of drug-likeness (QED) is 0.700. The molecule has 0 N–H and O–H groups in total. The third-order valence-corrected chi connectivity index (χ3v) is 4.08. The molecule has 1 heterocycles. The summed E-state index contributed by atoms with van der Waals surface area (Å²) in [5, 5.41) is 0. The zero-order valence-corrected chi connectivity index (χ0v) is 9.62. The van der Waals surface area contributed by atoms with E-state index in [1.54, 1.807) is 19.1 Å². The van der Waals surface area contributed by atoms with Crippen molar-refractivity contribution >= 4 is 11.6 Å². The largest absolute Gasteiger partial charge is 0.377 e. The smallest absolute Gasteiger partial charge is 0.180 e. The molecule has 0 amide bonds. The average molecular weight is 217 g/mol. The number of rotatable bonds is 2. The predicted octanol–water partition coefficient (Wildman–Crippen LogP) is 1.31. The molecule has 1 spiro atoms. The first-order valence-corrected chi connectivity index (χ1v) is 5.72. The van der Waals surface area contributed by atoms with Gasteiger partial charge in [0.05, 0.1) is 0 Å². The minimum atomic E-state index is 0.0382. The summed E-state index contributed by atoms with van der Waals surface area (Å²) in [4.78, 5) is 25.0. The molecular formula is C13H15NO2. The van der Waals surface area contributed by atoms with Crippen molar-refractivity contribution in [3.05, 3.63) is 23.4 Å². The molecule has 84 valence electrons. The van der Waals surface area contributed by atoms with Gasteiger partial charge in [-0.05, 0) is 30.9 Å². The second-order valence-electron chi connectivity index (χ2n) is 5.23. The SMILES string of the molecule is CC(=O)CC1=CC(=O)C=C2N(C)CC3CC123. The Morgan fingerprint density at radius 3 is 3.00 bits per heavy atom. The van der Waals surface area contributed by atoms with Crippen molar-refractivity contribution in [2.24, 2.45) is 11.3 Å². The Morgan fingerprint density at radius 1 is 1.56 bits per heavy atom. The lowest BCUT2D eigenvalue weighted by Crippen LogP contribution is -2.24. The van der Waals surface area contributed by atoms with Crippen LogP contribution in [0.3, 0.4) is 0 Å². The van der Waals surface area contributed by atoms with Gasteiger partial charge >= 0.3 is 0 Å². The van der Waals surface area contributed by atoms with Crippen molar-refractivity contribution in [3.63, 3.8) is 0 Å². The van der Waals surface area contributed by atoms with Crippen LogP contribution < -0.4 is 0 Å². The minimum Gasteiger partial charge on any atom is -0.377 e. The molecule has 3 nitrogen and oxygen atoms in total. The molecule has 2 unspecified atom stereocenters. The van der Waals surface area contributed by atoms with E-state index in [-0.39, 0.29) is 17.0 Å². The van der Waals surface area contributed by atoms with Crippen LogP contribution in [-0.4, -0.2) is 30.1 Å². The molecule has 0 aromatic heterocycles. The Hall–Kier alpha value is -1.38. The van der Waals surface area contributed by atoms with Crippen LogP contribution in [0.2, 0.25) is 0 Å². The van der Waals surface area contributed by atoms with Crippen LogP contribution in [0.5, 0.6) is 0 Å². The molecule has 1 saturated heterocycles. The van der Waals surface area contributed by atoms with Crippen LogP contribution in [0.4, 0.5) is 0 Å². The molecule has 1 saturated carbocycles. The van der Waals surface area contributed by atoms with Crippen LogP contribution >= 0.6 is 0 Å². The average Bonchev–Trinajstić information content (AvgIpc) is 2.79. The normalized spacial score (nSPS) is 35.2. The second-order valence-corrected chi connectivity index (χ2v) is 5.23. The molecule has 2 atom stereocenters. The number of hydrogen-bond donors (Lipinski definition) is 0. The van der Waals surface area contributed by atoms with Crippen LogP contribution in [0, 0.1) is 11.3 Å². The fourth-order valence-electron chi connectivity index (χ4n) is 3.38. The van der Waals surface area contributed by atoms with Gasteiger partial charge in [-0.15, -0.1) is 0 Å². The van der Waals surface area contributed by atoms with Gasteiger partial charge in [-0.25, -0.2) is 0 Å².